The number of piperazine rings is 1. The number of piperidine rings is 1. The molecule has 0 aliphatic carbocycles. The lowest BCUT2D eigenvalue weighted by Gasteiger charge is -2.35. The molecule has 1 aromatic heterocycles. The predicted molar refractivity (Wildman–Crippen MR) is 126 cm³/mol. The van der Waals surface area contributed by atoms with Gasteiger partial charge in [-0.05, 0) is 37.6 Å². The average Bonchev–Trinajstić information content (AvgIpc) is 2.87. The van der Waals surface area contributed by atoms with E-state index in [1.165, 1.54) is 0 Å². The van der Waals surface area contributed by atoms with Crippen LogP contribution in [0.25, 0.3) is 0 Å². The van der Waals surface area contributed by atoms with Crippen LogP contribution in [0.15, 0.2) is 36.4 Å². The van der Waals surface area contributed by atoms with Crippen LogP contribution in [0.1, 0.15) is 25.3 Å². The summed E-state index contributed by atoms with van der Waals surface area (Å²) in [5.74, 6) is 2.61. The Morgan fingerprint density at radius 3 is 2.44 bits per heavy atom. The summed E-state index contributed by atoms with van der Waals surface area (Å²) in [6.07, 6.45) is 1.86. The van der Waals surface area contributed by atoms with Gasteiger partial charge < -0.3 is 24.8 Å². The van der Waals surface area contributed by atoms with E-state index in [0.29, 0.717) is 13.1 Å². The third-order valence-electron chi connectivity index (χ3n) is 6.54. The van der Waals surface area contributed by atoms with Crippen LogP contribution < -0.4 is 19.9 Å². The van der Waals surface area contributed by atoms with Gasteiger partial charge in [0.1, 0.15) is 5.75 Å². The second-order valence-corrected chi connectivity index (χ2v) is 8.49. The van der Waals surface area contributed by atoms with E-state index in [0.717, 1.165) is 75.1 Å². The molecule has 0 radical (unpaired) electrons. The molecule has 172 valence electrons. The number of nitrogens with one attached hydrogen (secondary N) is 1. The van der Waals surface area contributed by atoms with Crippen molar-refractivity contribution >= 4 is 17.5 Å². The molecule has 1 N–H and O–H groups in total. The summed E-state index contributed by atoms with van der Waals surface area (Å²) in [5, 5.41) is 12.1. The average molecular weight is 439 g/mol. The number of nitrogens with zero attached hydrogens (tertiary/aromatic N) is 5. The zero-order valence-corrected chi connectivity index (χ0v) is 19.2. The predicted octanol–water partition coefficient (Wildman–Crippen LogP) is 2.16. The molecule has 1 atom stereocenters. The maximum atomic E-state index is 12.8. The van der Waals surface area contributed by atoms with E-state index < -0.39 is 0 Å². The molecule has 4 rings (SSSR count). The lowest BCUT2D eigenvalue weighted by atomic mass is 9.97. The first-order chi connectivity index (χ1) is 15.7. The maximum Gasteiger partial charge on any atom is 0.225 e. The summed E-state index contributed by atoms with van der Waals surface area (Å²) in [7, 11) is 1.65. The monoisotopic (exact) mass is 438 g/mol. The summed E-state index contributed by atoms with van der Waals surface area (Å²) < 4.78 is 5.38. The van der Waals surface area contributed by atoms with Gasteiger partial charge in [-0.3, -0.25) is 4.79 Å². The van der Waals surface area contributed by atoms with Crippen LogP contribution in [0.5, 0.6) is 5.75 Å². The zero-order chi connectivity index (χ0) is 22.3. The van der Waals surface area contributed by atoms with Gasteiger partial charge in [0.2, 0.25) is 5.91 Å². The highest BCUT2D eigenvalue weighted by Crippen LogP contribution is 2.24. The van der Waals surface area contributed by atoms with E-state index in [4.69, 9.17) is 4.74 Å². The minimum Gasteiger partial charge on any atom is -0.496 e. The summed E-state index contributed by atoms with van der Waals surface area (Å²) in [4.78, 5) is 19.8. The van der Waals surface area contributed by atoms with E-state index in [1.54, 1.807) is 7.11 Å². The molecule has 1 amide bonds. The number of amides is 1. The third-order valence-corrected chi connectivity index (χ3v) is 6.54. The number of para-hydroxylation sites is 1. The lowest BCUT2D eigenvalue weighted by molar-refractivity contribution is -0.125. The van der Waals surface area contributed by atoms with Crippen LogP contribution in [-0.4, -0.2) is 73.9 Å². The lowest BCUT2D eigenvalue weighted by Crippen LogP contribution is -2.46. The fourth-order valence-electron chi connectivity index (χ4n) is 4.52. The number of rotatable bonds is 7. The number of carbonyl (C=O) groups is 1. The zero-order valence-electron chi connectivity index (χ0n) is 19.2. The van der Waals surface area contributed by atoms with Crippen LogP contribution in [0, 0.1) is 5.92 Å². The van der Waals surface area contributed by atoms with Gasteiger partial charge in [0, 0.05) is 51.4 Å². The molecule has 2 aromatic rings. The molecule has 0 unspecified atom stereocenters. The minimum absolute atomic E-state index is 0.0537. The number of likely N-dealkylation sites (N-methyl/N-ethyl adjacent to an activating group) is 1. The number of ether oxygens (including phenoxy) is 1. The van der Waals surface area contributed by atoms with E-state index in [9.17, 15) is 4.79 Å². The highest BCUT2D eigenvalue weighted by atomic mass is 16.5. The molecule has 2 saturated heterocycles. The molecule has 8 heteroatoms. The highest BCUT2D eigenvalue weighted by molar-refractivity contribution is 5.79. The quantitative estimate of drug-likeness (QED) is 0.710. The topological polar surface area (TPSA) is 73.8 Å². The molecule has 3 heterocycles. The first-order valence-corrected chi connectivity index (χ1v) is 11.6. The van der Waals surface area contributed by atoms with Crippen LogP contribution in [0.3, 0.4) is 0 Å². The van der Waals surface area contributed by atoms with Gasteiger partial charge in [-0.2, -0.15) is 0 Å². The second kappa shape index (κ2) is 10.6. The molecule has 0 spiro atoms. The van der Waals surface area contributed by atoms with Gasteiger partial charge in [0.25, 0.3) is 0 Å². The van der Waals surface area contributed by atoms with Crippen molar-refractivity contribution in [3.8, 4) is 5.75 Å². The Bertz CT molecular complexity index is 882. The summed E-state index contributed by atoms with van der Waals surface area (Å²) >= 11 is 0. The van der Waals surface area contributed by atoms with Crippen molar-refractivity contribution < 1.29 is 9.53 Å². The van der Waals surface area contributed by atoms with Crippen molar-refractivity contribution in [2.75, 3.05) is 62.7 Å². The van der Waals surface area contributed by atoms with Crippen molar-refractivity contribution in [3.63, 3.8) is 0 Å². The van der Waals surface area contributed by atoms with Crippen molar-refractivity contribution in [3.05, 3.63) is 42.0 Å². The van der Waals surface area contributed by atoms with E-state index >= 15 is 0 Å². The van der Waals surface area contributed by atoms with Gasteiger partial charge in [0.15, 0.2) is 11.6 Å². The standard InChI is InChI=1S/C24H34N6O2/c1-3-28-13-15-29(16-14-28)22-10-11-23(27-26-22)30-12-6-8-20(18-30)24(31)25-17-19-7-4-5-9-21(19)32-2/h4-5,7,9-11,20H,3,6,8,12-18H2,1-2H3,(H,25,31)/t20-/m0/s1. The Hall–Kier alpha value is -2.87. The van der Waals surface area contributed by atoms with Crippen molar-refractivity contribution in [2.45, 2.75) is 26.3 Å². The molecule has 0 bridgehead atoms. The molecular weight excluding hydrogens is 404 g/mol. The van der Waals surface area contributed by atoms with E-state index in [1.807, 2.05) is 30.3 Å². The van der Waals surface area contributed by atoms with Gasteiger partial charge in [-0.15, -0.1) is 10.2 Å². The number of benzene rings is 1. The normalized spacial score (nSPS) is 19.6. The highest BCUT2D eigenvalue weighted by Gasteiger charge is 2.27. The molecule has 32 heavy (non-hydrogen) atoms. The number of hydrogen-bond acceptors (Lipinski definition) is 7. The van der Waals surface area contributed by atoms with Crippen molar-refractivity contribution in [1.82, 2.24) is 20.4 Å². The fraction of sp³-hybridized carbons (Fsp3) is 0.542. The van der Waals surface area contributed by atoms with Gasteiger partial charge >= 0.3 is 0 Å². The first kappa shape index (κ1) is 22.3. The van der Waals surface area contributed by atoms with Gasteiger partial charge in [-0.1, -0.05) is 25.1 Å². The van der Waals surface area contributed by atoms with Gasteiger partial charge in [0.05, 0.1) is 13.0 Å². The number of aromatic nitrogens is 2. The van der Waals surface area contributed by atoms with E-state index in [-0.39, 0.29) is 11.8 Å². The first-order valence-electron chi connectivity index (χ1n) is 11.6. The van der Waals surface area contributed by atoms with Crippen molar-refractivity contribution in [2.24, 2.45) is 5.92 Å². The Morgan fingerprint density at radius 1 is 1.03 bits per heavy atom. The Kier molecular flexibility index (Phi) is 7.42. The van der Waals surface area contributed by atoms with Crippen molar-refractivity contribution in [1.29, 1.82) is 0 Å². The Labute approximate surface area is 190 Å². The summed E-state index contributed by atoms with van der Waals surface area (Å²) in [5.41, 5.74) is 0.984. The Balaban J connectivity index is 1.32. The molecule has 0 saturated carbocycles. The number of hydrogen-bond donors (Lipinski definition) is 1. The molecule has 8 nitrogen and oxygen atoms in total. The third kappa shape index (κ3) is 5.30. The minimum atomic E-state index is -0.0537. The largest absolute Gasteiger partial charge is 0.496 e. The number of anilines is 2. The van der Waals surface area contributed by atoms with Crippen LogP contribution in [-0.2, 0) is 11.3 Å². The Morgan fingerprint density at radius 2 is 1.75 bits per heavy atom. The second-order valence-electron chi connectivity index (χ2n) is 8.49. The number of carbonyl (C=O) groups excluding carboxylic acids is 1. The van der Waals surface area contributed by atoms with Crippen LogP contribution in [0.4, 0.5) is 11.6 Å². The SMILES string of the molecule is CCN1CCN(c2ccc(N3CCC[C@H](C(=O)NCc4ccccc4OC)C3)nn2)CC1. The fourth-order valence-corrected chi connectivity index (χ4v) is 4.52. The van der Waals surface area contributed by atoms with Gasteiger partial charge in [-0.25, -0.2) is 0 Å². The maximum absolute atomic E-state index is 12.8. The smallest absolute Gasteiger partial charge is 0.225 e. The van der Waals surface area contributed by atoms with Crippen LogP contribution >= 0.6 is 0 Å². The number of methoxy groups -OCH3 is 1. The molecule has 2 fully saturated rings. The van der Waals surface area contributed by atoms with E-state index in [2.05, 4.69) is 43.2 Å². The van der Waals surface area contributed by atoms with Crippen LogP contribution in [0.2, 0.25) is 0 Å². The summed E-state index contributed by atoms with van der Waals surface area (Å²) in [6.45, 7) is 9.45. The summed E-state index contributed by atoms with van der Waals surface area (Å²) in [6, 6.07) is 11.9. The molecule has 2 aliphatic rings. The molecule has 1 aromatic carbocycles. The molecular formula is C24H34N6O2. The molecule has 2 aliphatic heterocycles.